The zero-order valence-corrected chi connectivity index (χ0v) is 14.8. The number of rotatable bonds is 6. The number of nitrogens with zero attached hydrogens (tertiary/aromatic N) is 4. The van der Waals surface area contributed by atoms with E-state index in [0.717, 1.165) is 0 Å². The van der Waals surface area contributed by atoms with Gasteiger partial charge in [0, 0.05) is 6.42 Å². The molecule has 1 aliphatic heterocycles. The average Bonchev–Trinajstić information content (AvgIpc) is 3.31. The van der Waals surface area contributed by atoms with Gasteiger partial charge in [-0.25, -0.2) is 15.0 Å². The van der Waals surface area contributed by atoms with Crippen molar-refractivity contribution in [3.63, 3.8) is 0 Å². The van der Waals surface area contributed by atoms with Crippen LogP contribution in [0.15, 0.2) is 43.0 Å². The van der Waals surface area contributed by atoms with Gasteiger partial charge in [-0.05, 0) is 12.1 Å². The van der Waals surface area contributed by atoms with Crippen LogP contribution < -0.4 is 10.1 Å². The van der Waals surface area contributed by atoms with Crippen molar-refractivity contribution in [1.29, 1.82) is 0 Å². The molecular weight excluding hydrogens is 366 g/mol. The monoisotopic (exact) mass is 385 g/mol. The van der Waals surface area contributed by atoms with E-state index in [0.29, 0.717) is 23.3 Å². The number of nitrogens with one attached hydrogen (secondary N) is 1. The third-order valence-corrected chi connectivity index (χ3v) is 4.37. The second kappa shape index (κ2) is 7.89. The highest BCUT2D eigenvalue weighted by molar-refractivity contribution is 5.97. The van der Waals surface area contributed by atoms with Crippen molar-refractivity contribution in [3.8, 4) is 5.75 Å². The van der Waals surface area contributed by atoms with E-state index < -0.39 is 24.3 Å². The Morgan fingerprint density at radius 3 is 2.86 bits per heavy atom. The fourth-order valence-corrected chi connectivity index (χ4v) is 3.06. The summed E-state index contributed by atoms with van der Waals surface area (Å²) in [7, 11) is 0. The van der Waals surface area contributed by atoms with Crippen LogP contribution in [0.5, 0.6) is 5.75 Å². The number of aromatic nitrogens is 4. The van der Waals surface area contributed by atoms with Crippen molar-refractivity contribution in [1.82, 2.24) is 19.5 Å². The standard InChI is InChI=1S/C18H19N5O5/c24-7-12-6-13(25)18(28-12)23-10-21-15-16(19-9-20-17(15)23)22-14(26)8-27-11-4-2-1-3-5-11/h1-5,9-10,12-13,18,24-25H,6-8H2,(H,19,20,22,26)/t12-,13+,18+/m0/s1. The van der Waals surface area contributed by atoms with Gasteiger partial charge in [-0.3, -0.25) is 9.36 Å². The highest BCUT2D eigenvalue weighted by Crippen LogP contribution is 2.31. The van der Waals surface area contributed by atoms with E-state index >= 15 is 0 Å². The number of carbonyl (C=O) groups is 1. The first kappa shape index (κ1) is 18.3. The number of hydrogen-bond acceptors (Lipinski definition) is 8. The van der Waals surface area contributed by atoms with Crippen LogP contribution in [-0.2, 0) is 9.53 Å². The molecule has 10 heteroatoms. The number of anilines is 1. The molecule has 3 N–H and O–H groups in total. The van der Waals surface area contributed by atoms with Crippen LogP contribution in [0.2, 0.25) is 0 Å². The minimum Gasteiger partial charge on any atom is -0.484 e. The molecule has 28 heavy (non-hydrogen) atoms. The highest BCUT2D eigenvalue weighted by atomic mass is 16.5. The third-order valence-electron chi connectivity index (χ3n) is 4.37. The number of carbonyl (C=O) groups excluding carboxylic acids is 1. The predicted octanol–water partition coefficient (Wildman–Crippen LogP) is 0.484. The second-order valence-corrected chi connectivity index (χ2v) is 6.33. The Balaban J connectivity index is 1.50. The molecule has 1 aromatic carbocycles. The molecule has 0 unspecified atom stereocenters. The molecule has 3 atom stereocenters. The maximum atomic E-state index is 12.2. The van der Waals surface area contributed by atoms with Crippen molar-refractivity contribution in [2.24, 2.45) is 0 Å². The number of imidazole rings is 1. The minimum atomic E-state index is -0.804. The molecule has 3 heterocycles. The molecule has 3 aromatic rings. The summed E-state index contributed by atoms with van der Waals surface area (Å²) >= 11 is 0. The summed E-state index contributed by atoms with van der Waals surface area (Å²) in [6, 6.07) is 8.99. The highest BCUT2D eigenvalue weighted by Gasteiger charge is 2.36. The Labute approximate surface area is 159 Å². The van der Waals surface area contributed by atoms with Crippen LogP contribution >= 0.6 is 0 Å². The Bertz CT molecular complexity index is 963. The zero-order valence-electron chi connectivity index (χ0n) is 14.8. The van der Waals surface area contributed by atoms with E-state index in [2.05, 4.69) is 20.3 Å². The summed E-state index contributed by atoms with van der Waals surface area (Å²) in [6.45, 7) is -0.364. The van der Waals surface area contributed by atoms with Gasteiger partial charge >= 0.3 is 0 Å². The topological polar surface area (TPSA) is 132 Å². The molecule has 0 bridgehead atoms. The molecule has 1 amide bonds. The van der Waals surface area contributed by atoms with Crippen LogP contribution in [0, 0.1) is 0 Å². The van der Waals surface area contributed by atoms with Gasteiger partial charge in [0.15, 0.2) is 29.8 Å². The van der Waals surface area contributed by atoms with Gasteiger partial charge < -0.3 is 25.0 Å². The molecule has 1 aliphatic rings. The van der Waals surface area contributed by atoms with Crippen molar-refractivity contribution in [3.05, 3.63) is 43.0 Å². The van der Waals surface area contributed by atoms with Crippen molar-refractivity contribution in [2.45, 2.75) is 24.9 Å². The Hall–Kier alpha value is -3.08. The largest absolute Gasteiger partial charge is 0.484 e. The maximum absolute atomic E-state index is 12.2. The van der Waals surface area contributed by atoms with Gasteiger partial charge in [-0.2, -0.15) is 0 Å². The van der Waals surface area contributed by atoms with Gasteiger partial charge in [0.25, 0.3) is 5.91 Å². The Kier molecular flexibility index (Phi) is 5.15. The van der Waals surface area contributed by atoms with E-state index in [1.165, 1.54) is 12.7 Å². The van der Waals surface area contributed by atoms with Crippen LogP contribution in [-0.4, -0.2) is 61.1 Å². The summed E-state index contributed by atoms with van der Waals surface area (Å²) in [5.74, 6) is 0.424. The molecule has 4 rings (SSSR count). The summed E-state index contributed by atoms with van der Waals surface area (Å²) in [6.07, 6.45) is 1.09. The lowest BCUT2D eigenvalue weighted by Gasteiger charge is -2.16. The predicted molar refractivity (Wildman–Crippen MR) is 97.5 cm³/mol. The lowest BCUT2D eigenvalue weighted by atomic mass is 10.2. The molecule has 2 aromatic heterocycles. The number of amides is 1. The lowest BCUT2D eigenvalue weighted by molar-refractivity contribution is -0.118. The first-order valence-corrected chi connectivity index (χ1v) is 8.75. The lowest BCUT2D eigenvalue weighted by Crippen LogP contribution is -2.21. The van der Waals surface area contributed by atoms with E-state index in [-0.39, 0.29) is 19.0 Å². The number of aliphatic hydroxyl groups is 2. The Morgan fingerprint density at radius 1 is 1.29 bits per heavy atom. The third kappa shape index (κ3) is 3.65. The molecule has 1 saturated heterocycles. The molecule has 0 spiro atoms. The summed E-state index contributed by atoms with van der Waals surface area (Å²) < 4.78 is 12.6. The van der Waals surface area contributed by atoms with Crippen LogP contribution in [0.3, 0.4) is 0 Å². The molecule has 1 fully saturated rings. The molecule has 146 valence electrons. The van der Waals surface area contributed by atoms with E-state index in [1.807, 2.05) is 18.2 Å². The number of fused-ring (bicyclic) bond motifs is 1. The van der Waals surface area contributed by atoms with Crippen molar-refractivity contribution in [2.75, 3.05) is 18.5 Å². The first-order valence-electron chi connectivity index (χ1n) is 8.75. The minimum absolute atomic E-state index is 0.182. The van der Waals surface area contributed by atoms with Crippen molar-refractivity contribution >= 4 is 22.9 Å². The summed E-state index contributed by atoms with van der Waals surface area (Å²) in [5, 5.41) is 22.1. The van der Waals surface area contributed by atoms with Gasteiger partial charge in [-0.1, -0.05) is 18.2 Å². The Morgan fingerprint density at radius 2 is 2.11 bits per heavy atom. The van der Waals surface area contributed by atoms with Gasteiger partial charge in [0.1, 0.15) is 18.2 Å². The quantitative estimate of drug-likeness (QED) is 0.558. The van der Waals surface area contributed by atoms with E-state index in [4.69, 9.17) is 9.47 Å². The molecule has 0 saturated carbocycles. The fourth-order valence-electron chi connectivity index (χ4n) is 3.06. The fraction of sp³-hybridized carbons (Fsp3) is 0.333. The average molecular weight is 385 g/mol. The van der Waals surface area contributed by atoms with E-state index in [9.17, 15) is 15.0 Å². The molecular formula is C18H19N5O5. The van der Waals surface area contributed by atoms with Gasteiger partial charge in [0.05, 0.1) is 19.0 Å². The molecule has 0 aliphatic carbocycles. The van der Waals surface area contributed by atoms with Crippen LogP contribution in [0.25, 0.3) is 11.2 Å². The number of aliphatic hydroxyl groups excluding tert-OH is 2. The summed E-state index contributed by atoms with van der Waals surface area (Å²) in [5.41, 5.74) is 0.760. The first-order chi connectivity index (χ1) is 13.7. The van der Waals surface area contributed by atoms with Crippen LogP contribution in [0.4, 0.5) is 5.82 Å². The smallest absolute Gasteiger partial charge is 0.263 e. The maximum Gasteiger partial charge on any atom is 0.263 e. The molecule has 10 nitrogen and oxygen atoms in total. The van der Waals surface area contributed by atoms with Gasteiger partial charge in [-0.15, -0.1) is 0 Å². The zero-order chi connectivity index (χ0) is 19.5. The number of benzene rings is 1. The summed E-state index contributed by atoms with van der Waals surface area (Å²) in [4.78, 5) is 24.7. The van der Waals surface area contributed by atoms with E-state index in [1.54, 1.807) is 16.7 Å². The second-order valence-electron chi connectivity index (χ2n) is 6.33. The van der Waals surface area contributed by atoms with Gasteiger partial charge in [0.2, 0.25) is 0 Å². The molecule has 0 radical (unpaired) electrons. The number of hydrogen-bond donors (Lipinski definition) is 3. The van der Waals surface area contributed by atoms with Crippen molar-refractivity contribution < 1.29 is 24.5 Å². The number of para-hydroxylation sites is 1. The SMILES string of the molecule is O=C(COc1ccccc1)Nc1ncnc2c1ncn2[C@@H]1O[C@H](CO)C[C@H]1O. The number of ether oxygens (including phenoxy) is 2. The van der Waals surface area contributed by atoms with Crippen LogP contribution in [0.1, 0.15) is 12.6 Å². The normalized spacial score (nSPS) is 21.7.